The molecule has 0 N–H and O–H groups in total. The zero-order valence-corrected chi connectivity index (χ0v) is 16.8. The Morgan fingerprint density at radius 1 is 0.964 bits per heavy atom. The first-order valence-electron chi connectivity index (χ1n) is 9.79. The first kappa shape index (κ1) is 20.3. The van der Waals surface area contributed by atoms with Gasteiger partial charge >= 0.3 is 0 Å². The molecule has 0 aliphatic heterocycles. The highest BCUT2D eigenvalue weighted by Gasteiger charge is 2.11. The molecule has 1 aromatic heterocycles. The van der Waals surface area contributed by atoms with E-state index in [1.54, 1.807) is 19.2 Å². The molecular weight excluding hydrogens is 351 g/mol. The average Bonchev–Trinajstić information content (AvgIpc) is 3.10. The van der Waals surface area contributed by atoms with E-state index in [0.717, 1.165) is 44.8 Å². The minimum Gasteiger partial charge on any atom is -0.385 e. The Morgan fingerprint density at radius 3 is 2.54 bits per heavy atom. The van der Waals surface area contributed by atoms with Gasteiger partial charge in [-0.05, 0) is 48.7 Å². The van der Waals surface area contributed by atoms with Crippen molar-refractivity contribution in [3.63, 3.8) is 0 Å². The largest absolute Gasteiger partial charge is 0.385 e. The molecule has 0 radical (unpaired) electrons. The van der Waals surface area contributed by atoms with Gasteiger partial charge < -0.3 is 9.30 Å². The lowest BCUT2D eigenvalue weighted by molar-refractivity contribution is 0.165. The van der Waals surface area contributed by atoms with Crippen molar-refractivity contribution in [2.45, 2.75) is 33.0 Å². The molecule has 0 bridgehead atoms. The van der Waals surface area contributed by atoms with Crippen molar-refractivity contribution in [3.8, 4) is 0 Å². The normalized spacial score (nSPS) is 11.3. The van der Waals surface area contributed by atoms with Gasteiger partial charge in [0.15, 0.2) is 0 Å². The van der Waals surface area contributed by atoms with Crippen molar-refractivity contribution >= 4 is 0 Å². The number of rotatable bonds is 10. The third-order valence-corrected chi connectivity index (χ3v) is 4.90. The highest BCUT2D eigenvalue weighted by molar-refractivity contribution is 5.23. The Balaban J connectivity index is 1.71. The maximum absolute atomic E-state index is 13.6. The molecule has 1 heterocycles. The second-order valence-corrected chi connectivity index (χ2v) is 7.30. The van der Waals surface area contributed by atoms with Crippen LogP contribution in [-0.2, 0) is 24.4 Å². The second kappa shape index (κ2) is 10.2. The standard InChI is InChI=1S/C24H29FN2O/c1-20-9-11-21(12-10-20)18-27-14-4-8-24(27)19-26(13-5-15-28-2)17-22-6-3-7-23(25)16-22/h3-4,6-12,14,16H,5,13,15,17-19H2,1-2H3. The predicted octanol–water partition coefficient (Wildman–Crippen LogP) is 5.02. The molecule has 2 aromatic carbocycles. The average molecular weight is 381 g/mol. The van der Waals surface area contributed by atoms with Crippen LogP contribution in [0.4, 0.5) is 4.39 Å². The predicted molar refractivity (Wildman–Crippen MR) is 112 cm³/mol. The number of aryl methyl sites for hydroxylation is 1. The lowest BCUT2D eigenvalue weighted by Crippen LogP contribution is -2.26. The van der Waals surface area contributed by atoms with Gasteiger partial charge in [-0.1, -0.05) is 42.0 Å². The summed E-state index contributed by atoms with van der Waals surface area (Å²) in [6.07, 6.45) is 3.08. The minimum absolute atomic E-state index is 0.183. The Labute approximate surface area is 167 Å². The van der Waals surface area contributed by atoms with E-state index >= 15 is 0 Å². The van der Waals surface area contributed by atoms with Crippen molar-refractivity contribution in [1.29, 1.82) is 0 Å². The van der Waals surface area contributed by atoms with E-state index in [1.807, 2.05) is 6.07 Å². The number of hydrogen-bond donors (Lipinski definition) is 0. The number of methoxy groups -OCH3 is 1. The van der Waals surface area contributed by atoms with Crippen LogP contribution in [0.5, 0.6) is 0 Å². The quantitative estimate of drug-likeness (QED) is 0.459. The van der Waals surface area contributed by atoms with Gasteiger partial charge in [0.2, 0.25) is 0 Å². The van der Waals surface area contributed by atoms with E-state index in [0.29, 0.717) is 0 Å². The number of nitrogens with zero attached hydrogens (tertiary/aromatic N) is 2. The number of benzene rings is 2. The van der Waals surface area contributed by atoms with Crippen LogP contribution in [0.3, 0.4) is 0 Å². The first-order chi connectivity index (χ1) is 13.6. The van der Waals surface area contributed by atoms with Crippen LogP contribution in [0, 0.1) is 12.7 Å². The van der Waals surface area contributed by atoms with Crippen LogP contribution < -0.4 is 0 Å². The smallest absolute Gasteiger partial charge is 0.123 e. The van der Waals surface area contributed by atoms with Crippen molar-refractivity contribution in [3.05, 3.63) is 95.1 Å². The summed E-state index contributed by atoms with van der Waals surface area (Å²) in [5.74, 6) is -0.183. The van der Waals surface area contributed by atoms with E-state index < -0.39 is 0 Å². The van der Waals surface area contributed by atoms with Gasteiger partial charge in [0, 0.05) is 51.8 Å². The van der Waals surface area contributed by atoms with Crippen LogP contribution in [0.2, 0.25) is 0 Å². The maximum atomic E-state index is 13.6. The number of ether oxygens (including phenoxy) is 1. The van der Waals surface area contributed by atoms with Crippen molar-refractivity contribution in [2.24, 2.45) is 0 Å². The molecule has 0 aliphatic carbocycles. The Hall–Kier alpha value is -2.43. The van der Waals surface area contributed by atoms with E-state index in [1.165, 1.54) is 22.9 Å². The summed E-state index contributed by atoms with van der Waals surface area (Å²) in [5.41, 5.74) is 4.82. The molecule has 0 saturated heterocycles. The Kier molecular flexibility index (Phi) is 7.40. The van der Waals surface area contributed by atoms with Gasteiger partial charge in [-0.25, -0.2) is 4.39 Å². The summed E-state index contributed by atoms with van der Waals surface area (Å²) in [7, 11) is 1.73. The van der Waals surface area contributed by atoms with Crippen LogP contribution in [0.15, 0.2) is 66.9 Å². The summed E-state index contributed by atoms with van der Waals surface area (Å²) >= 11 is 0. The third-order valence-electron chi connectivity index (χ3n) is 4.90. The summed E-state index contributed by atoms with van der Waals surface area (Å²) < 4.78 is 21.1. The Morgan fingerprint density at radius 2 is 1.79 bits per heavy atom. The van der Waals surface area contributed by atoms with Crippen molar-refractivity contribution in [2.75, 3.05) is 20.3 Å². The molecule has 0 fully saturated rings. The molecule has 3 aromatic rings. The van der Waals surface area contributed by atoms with Crippen LogP contribution in [0.25, 0.3) is 0 Å². The van der Waals surface area contributed by atoms with Gasteiger partial charge in [-0.2, -0.15) is 0 Å². The van der Waals surface area contributed by atoms with Crippen molar-refractivity contribution < 1.29 is 9.13 Å². The lowest BCUT2D eigenvalue weighted by atomic mass is 10.1. The molecule has 0 saturated carbocycles. The molecule has 4 heteroatoms. The molecule has 0 spiro atoms. The molecule has 0 amide bonds. The van der Waals surface area contributed by atoms with Gasteiger partial charge in [0.25, 0.3) is 0 Å². The summed E-state index contributed by atoms with van der Waals surface area (Å²) in [5, 5.41) is 0. The lowest BCUT2D eigenvalue weighted by Gasteiger charge is -2.23. The SMILES string of the molecule is COCCCN(Cc1cccc(F)c1)Cc1cccn1Cc1ccc(C)cc1. The number of hydrogen-bond acceptors (Lipinski definition) is 2. The maximum Gasteiger partial charge on any atom is 0.123 e. The summed E-state index contributed by atoms with van der Waals surface area (Å²) in [6.45, 7) is 6.13. The van der Waals surface area contributed by atoms with E-state index in [-0.39, 0.29) is 5.82 Å². The minimum atomic E-state index is -0.183. The van der Waals surface area contributed by atoms with Crippen molar-refractivity contribution in [1.82, 2.24) is 9.47 Å². The molecule has 0 aliphatic rings. The molecule has 148 valence electrons. The molecular formula is C24H29FN2O. The highest BCUT2D eigenvalue weighted by atomic mass is 19.1. The fourth-order valence-corrected chi connectivity index (χ4v) is 3.41. The summed E-state index contributed by atoms with van der Waals surface area (Å²) in [6, 6.07) is 19.8. The third kappa shape index (κ3) is 6.04. The number of aromatic nitrogens is 1. The zero-order valence-electron chi connectivity index (χ0n) is 16.8. The Bertz CT molecular complexity index is 857. The van der Waals surface area contributed by atoms with Gasteiger partial charge in [-0.3, -0.25) is 4.90 Å². The zero-order chi connectivity index (χ0) is 19.8. The molecule has 3 nitrogen and oxygen atoms in total. The van der Waals surface area contributed by atoms with Crippen LogP contribution in [-0.4, -0.2) is 29.7 Å². The molecule has 28 heavy (non-hydrogen) atoms. The topological polar surface area (TPSA) is 17.4 Å². The molecule has 3 rings (SSSR count). The van der Waals surface area contributed by atoms with Gasteiger partial charge in [0.05, 0.1) is 0 Å². The number of halogens is 1. The van der Waals surface area contributed by atoms with Gasteiger partial charge in [0.1, 0.15) is 5.82 Å². The monoisotopic (exact) mass is 380 g/mol. The highest BCUT2D eigenvalue weighted by Crippen LogP contribution is 2.15. The van der Waals surface area contributed by atoms with E-state index in [4.69, 9.17) is 4.74 Å². The first-order valence-corrected chi connectivity index (χ1v) is 9.79. The fraction of sp³-hybridized carbons (Fsp3) is 0.333. The molecule has 0 atom stereocenters. The van der Waals surface area contributed by atoms with Gasteiger partial charge in [-0.15, -0.1) is 0 Å². The fourth-order valence-electron chi connectivity index (χ4n) is 3.41. The van der Waals surface area contributed by atoms with E-state index in [9.17, 15) is 4.39 Å². The van der Waals surface area contributed by atoms with Crippen LogP contribution >= 0.6 is 0 Å². The summed E-state index contributed by atoms with van der Waals surface area (Å²) in [4.78, 5) is 2.36. The second-order valence-electron chi connectivity index (χ2n) is 7.30. The van der Waals surface area contributed by atoms with E-state index in [2.05, 4.69) is 59.0 Å². The molecule has 0 unspecified atom stereocenters. The van der Waals surface area contributed by atoms with Crippen LogP contribution in [0.1, 0.15) is 28.8 Å².